The lowest BCUT2D eigenvalue weighted by Crippen LogP contribution is -2.04. The van der Waals surface area contributed by atoms with Crippen molar-refractivity contribution in [3.63, 3.8) is 0 Å². The van der Waals surface area contributed by atoms with Crippen LogP contribution in [0, 0.1) is 5.92 Å². The predicted molar refractivity (Wildman–Crippen MR) is 48.1 cm³/mol. The average Bonchev–Trinajstić information content (AvgIpc) is 2.52. The van der Waals surface area contributed by atoms with E-state index in [1.807, 2.05) is 0 Å². The molecule has 0 amide bonds. The van der Waals surface area contributed by atoms with E-state index in [0.29, 0.717) is 5.38 Å². The van der Waals surface area contributed by atoms with Crippen molar-refractivity contribution in [2.45, 2.75) is 38.0 Å². The summed E-state index contributed by atoms with van der Waals surface area (Å²) in [6.07, 6.45) is 4.75. The maximum absolute atomic E-state index is 6.00. The van der Waals surface area contributed by atoms with E-state index in [1.54, 1.807) is 0 Å². The first-order chi connectivity index (χ1) is 5.33. The van der Waals surface area contributed by atoms with Gasteiger partial charge in [-0.25, -0.2) is 0 Å². The zero-order chi connectivity index (χ0) is 8.10. The molecule has 0 aliphatic carbocycles. The first kappa shape index (κ1) is 9.34. The largest absolute Gasteiger partial charge is 0.381 e. The van der Waals surface area contributed by atoms with Crippen molar-refractivity contribution in [3.05, 3.63) is 0 Å². The summed E-state index contributed by atoms with van der Waals surface area (Å²) < 4.78 is 5.28. The van der Waals surface area contributed by atoms with E-state index >= 15 is 0 Å². The molecule has 2 atom stereocenters. The van der Waals surface area contributed by atoms with Gasteiger partial charge in [-0.1, -0.05) is 6.92 Å². The van der Waals surface area contributed by atoms with E-state index in [2.05, 4.69) is 6.92 Å². The Hall–Kier alpha value is 0.250. The van der Waals surface area contributed by atoms with Crippen molar-refractivity contribution >= 4 is 11.6 Å². The van der Waals surface area contributed by atoms with Crippen molar-refractivity contribution in [1.82, 2.24) is 0 Å². The molecule has 0 aromatic rings. The molecule has 1 aliphatic rings. The molecule has 0 bridgehead atoms. The van der Waals surface area contributed by atoms with Crippen LogP contribution in [0.15, 0.2) is 0 Å². The van der Waals surface area contributed by atoms with Crippen LogP contribution in [0.25, 0.3) is 0 Å². The van der Waals surface area contributed by atoms with E-state index in [1.165, 1.54) is 12.8 Å². The van der Waals surface area contributed by atoms with Crippen molar-refractivity contribution in [2.75, 3.05) is 13.2 Å². The summed E-state index contributed by atoms with van der Waals surface area (Å²) in [5, 5.41) is 0.385. The van der Waals surface area contributed by atoms with Gasteiger partial charge in [0, 0.05) is 18.6 Å². The highest BCUT2D eigenvalue weighted by Crippen LogP contribution is 2.21. The highest BCUT2D eigenvalue weighted by molar-refractivity contribution is 6.20. The molecule has 1 nitrogen and oxygen atoms in total. The zero-order valence-electron chi connectivity index (χ0n) is 7.18. The molecule has 0 aromatic carbocycles. The first-order valence-corrected chi connectivity index (χ1v) is 4.98. The van der Waals surface area contributed by atoms with Gasteiger partial charge in [-0.05, 0) is 31.6 Å². The second-order valence-corrected chi connectivity index (χ2v) is 3.93. The van der Waals surface area contributed by atoms with E-state index < -0.39 is 0 Å². The summed E-state index contributed by atoms with van der Waals surface area (Å²) >= 11 is 6.00. The Balaban J connectivity index is 2.01. The van der Waals surface area contributed by atoms with Crippen LogP contribution in [0.2, 0.25) is 0 Å². The number of halogens is 1. The molecule has 1 aliphatic heterocycles. The van der Waals surface area contributed by atoms with Crippen molar-refractivity contribution in [1.29, 1.82) is 0 Å². The van der Waals surface area contributed by atoms with Crippen LogP contribution in [-0.4, -0.2) is 18.6 Å². The van der Waals surface area contributed by atoms with Gasteiger partial charge < -0.3 is 4.74 Å². The smallest absolute Gasteiger partial charge is 0.0495 e. The fourth-order valence-corrected chi connectivity index (χ4v) is 1.56. The van der Waals surface area contributed by atoms with Crippen LogP contribution >= 0.6 is 11.6 Å². The number of rotatable bonds is 4. The Bertz CT molecular complexity index is 99.7. The van der Waals surface area contributed by atoms with Crippen LogP contribution < -0.4 is 0 Å². The van der Waals surface area contributed by atoms with Crippen molar-refractivity contribution in [3.8, 4) is 0 Å². The first-order valence-electron chi connectivity index (χ1n) is 4.54. The minimum atomic E-state index is 0.385. The highest BCUT2D eigenvalue weighted by Gasteiger charge is 2.16. The summed E-state index contributed by atoms with van der Waals surface area (Å²) in [6, 6.07) is 0. The number of hydrogen-bond acceptors (Lipinski definition) is 1. The third kappa shape index (κ3) is 3.44. The third-order valence-corrected chi connectivity index (χ3v) is 2.88. The maximum atomic E-state index is 6.00. The molecule has 11 heavy (non-hydrogen) atoms. The van der Waals surface area contributed by atoms with Gasteiger partial charge in [-0.3, -0.25) is 0 Å². The lowest BCUT2D eigenvalue weighted by Gasteiger charge is -2.09. The molecule has 2 heteroatoms. The normalized spacial score (nSPS) is 27.3. The molecule has 1 heterocycles. The van der Waals surface area contributed by atoms with Gasteiger partial charge >= 0.3 is 0 Å². The summed E-state index contributed by atoms with van der Waals surface area (Å²) in [4.78, 5) is 0. The van der Waals surface area contributed by atoms with E-state index in [4.69, 9.17) is 16.3 Å². The van der Waals surface area contributed by atoms with Gasteiger partial charge in [0.2, 0.25) is 0 Å². The third-order valence-electron chi connectivity index (χ3n) is 2.36. The minimum Gasteiger partial charge on any atom is -0.381 e. The van der Waals surface area contributed by atoms with Crippen molar-refractivity contribution < 1.29 is 4.74 Å². The fourth-order valence-electron chi connectivity index (χ4n) is 1.43. The molecule has 0 saturated carbocycles. The second-order valence-electron chi connectivity index (χ2n) is 3.31. The van der Waals surface area contributed by atoms with Gasteiger partial charge in [0.25, 0.3) is 0 Å². The van der Waals surface area contributed by atoms with Crippen LogP contribution in [0.3, 0.4) is 0 Å². The average molecular weight is 177 g/mol. The summed E-state index contributed by atoms with van der Waals surface area (Å²) in [7, 11) is 0. The molecule has 0 radical (unpaired) electrons. The topological polar surface area (TPSA) is 9.23 Å². The lowest BCUT2D eigenvalue weighted by atomic mass is 10.0. The molecule has 1 rings (SSSR count). The molecule has 0 aromatic heterocycles. The molecule has 1 fully saturated rings. The minimum absolute atomic E-state index is 0.385. The fraction of sp³-hybridized carbons (Fsp3) is 1.00. The Kier molecular flexibility index (Phi) is 4.24. The van der Waals surface area contributed by atoms with Gasteiger partial charge in [0.15, 0.2) is 0 Å². The quantitative estimate of drug-likeness (QED) is 0.599. The maximum Gasteiger partial charge on any atom is 0.0495 e. The van der Waals surface area contributed by atoms with Gasteiger partial charge in [0.05, 0.1) is 0 Å². The number of ether oxygens (including phenoxy) is 1. The zero-order valence-corrected chi connectivity index (χ0v) is 7.94. The predicted octanol–water partition coefficient (Wildman–Crippen LogP) is 2.82. The molecule has 2 unspecified atom stereocenters. The summed E-state index contributed by atoms with van der Waals surface area (Å²) in [5.74, 6) is 0.794. The SMILES string of the molecule is CCC(Cl)CCC1CCOC1. The standard InChI is InChI=1S/C9H17ClO/c1-2-9(10)4-3-8-5-6-11-7-8/h8-9H,2-7H2,1H3. The molecule has 0 spiro atoms. The number of alkyl halides is 1. The summed E-state index contributed by atoms with van der Waals surface area (Å²) in [6.45, 7) is 4.07. The molecule has 0 N–H and O–H groups in total. The van der Waals surface area contributed by atoms with Crippen molar-refractivity contribution in [2.24, 2.45) is 5.92 Å². The van der Waals surface area contributed by atoms with Gasteiger partial charge in [-0.15, -0.1) is 11.6 Å². The monoisotopic (exact) mass is 176 g/mol. The lowest BCUT2D eigenvalue weighted by molar-refractivity contribution is 0.183. The Morgan fingerprint density at radius 2 is 2.45 bits per heavy atom. The summed E-state index contributed by atoms with van der Waals surface area (Å²) in [5.41, 5.74) is 0. The number of hydrogen-bond donors (Lipinski definition) is 0. The van der Waals surface area contributed by atoms with E-state index in [9.17, 15) is 0 Å². The molecular weight excluding hydrogens is 160 g/mol. The van der Waals surface area contributed by atoms with E-state index in [0.717, 1.165) is 32.0 Å². The Labute approximate surface area is 74.1 Å². The van der Waals surface area contributed by atoms with Gasteiger partial charge in [0.1, 0.15) is 0 Å². The van der Waals surface area contributed by atoms with Crippen LogP contribution in [-0.2, 0) is 4.74 Å². The highest BCUT2D eigenvalue weighted by atomic mass is 35.5. The Morgan fingerprint density at radius 1 is 1.64 bits per heavy atom. The second kappa shape index (κ2) is 5.00. The van der Waals surface area contributed by atoms with Crippen LogP contribution in [0.5, 0.6) is 0 Å². The van der Waals surface area contributed by atoms with Crippen LogP contribution in [0.4, 0.5) is 0 Å². The molecular formula is C9H17ClO. The van der Waals surface area contributed by atoms with E-state index in [-0.39, 0.29) is 0 Å². The van der Waals surface area contributed by atoms with Crippen LogP contribution in [0.1, 0.15) is 32.6 Å². The molecule has 66 valence electrons. The Morgan fingerprint density at radius 3 is 3.00 bits per heavy atom. The van der Waals surface area contributed by atoms with Gasteiger partial charge in [-0.2, -0.15) is 0 Å². The molecule has 1 saturated heterocycles.